The smallest absolute Gasteiger partial charge is 0.142 e. The predicted molar refractivity (Wildman–Crippen MR) is 77.1 cm³/mol. The molecule has 2 rings (SSSR count). The molecule has 5 heteroatoms. The average molecular weight is 298 g/mol. The van der Waals surface area contributed by atoms with Gasteiger partial charge in [0, 0.05) is 10.6 Å². The van der Waals surface area contributed by atoms with Crippen LogP contribution in [0.1, 0.15) is 11.1 Å². The molecule has 0 saturated heterocycles. The minimum atomic E-state index is -1.31. The average Bonchev–Trinajstić information content (AvgIpc) is 2.38. The summed E-state index contributed by atoms with van der Waals surface area (Å²) in [7, 11) is -1.31. The minimum absolute atomic E-state index is 0.0254. The van der Waals surface area contributed by atoms with Crippen LogP contribution in [-0.2, 0) is 16.6 Å². The van der Waals surface area contributed by atoms with Crippen molar-refractivity contribution in [1.82, 2.24) is 0 Å². The normalized spacial score (nSPS) is 12.4. The van der Waals surface area contributed by atoms with Crippen molar-refractivity contribution in [3.8, 4) is 0 Å². The van der Waals surface area contributed by atoms with Crippen LogP contribution in [0.25, 0.3) is 0 Å². The van der Waals surface area contributed by atoms with Crippen LogP contribution in [0.15, 0.2) is 41.3 Å². The van der Waals surface area contributed by atoms with Gasteiger partial charge in [-0.25, -0.2) is 4.39 Å². The Kier molecular flexibility index (Phi) is 4.22. The Morgan fingerprint density at radius 2 is 2.05 bits per heavy atom. The Morgan fingerprint density at radius 3 is 2.79 bits per heavy atom. The largest absolute Gasteiger partial charge is 0.399 e. The zero-order chi connectivity index (χ0) is 14.0. The predicted octanol–water partition coefficient (Wildman–Crippen LogP) is 3.68. The van der Waals surface area contributed by atoms with E-state index in [1.807, 2.05) is 13.0 Å². The molecule has 2 aromatic carbocycles. The molecular formula is C14H13ClFNOS. The molecule has 2 N–H and O–H groups in total. The monoisotopic (exact) mass is 297 g/mol. The molecule has 1 atom stereocenters. The van der Waals surface area contributed by atoms with Gasteiger partial charge in [-0.2, -0.15) is 0 Å². The Labute approximate surface area is 118 Å². The summed E-state index contributed by atoms with van der Waals surface area (Å²) in [6.07, 6.45) is 0. The zero-order valence-electron chi connectivity index (χ0n) is 10.3. The summed E-state index contributed by atoms with van der Waals surface area (Å²) in [5.41, 5.74) is 7.67. The lowest BCUT2D eigenvalue weighted by Crippen LogP contribution is -2.01. The molecule has 0 heterocycles. The minimum Gasteiger partial charge on any atom is -0.399 e. The molecule has 0 amide bonds. The van der Waals surface area contributed by atoms with Gasteiger partial charge >= 0.3 is 0 Å². The first kappa shape index (κ1) is 14.0. The molecule has 19 heavy (non-hydrogen) atoms. The van der Waals surface area contributed by atoms with Gasteiger partial charge in [-0.3, -0.25) is 4.21 Å². The molecule has 0 radical (unpaired) electrons. The topological polar surface area (TPSA) is 43.1 Å². The van der Waals surface area contributed by atoms with Crippen molar-refractivity contribution in [2.45, 2.75) is 17.6 Å². The highest BCUT2D eigenvalue weighted by molar-refractivity contribution is 7.84. The van der Waals surface area contributed by atoms with Crippen molar-refractivity contribution in [2.24, 2.45) is 0 Å². The van der Waals surface area contributed by atoms with E-state index in [0.717, 1.165) is 5.56 Å². The Balaban J connectivity index is 2.31. The van der Waals surface area contributed by atoms with E-state index < -0.39 is 16.6 Å². The van der Waals surface area contributed by atoms with Crippen LogP contribution in [0.3, 0.4) is 0 Å². The molecule has 0 bridgehead atoms. The number of hydrogen-bond acceptors (Lipinski definition) is 2. The lowest BCUT2D eigenvalue weighted by molar-refractivity contribution is 0.626. The van der Waals surface area contributed by atoms with Gasteiger partial charge < -0.3 is 5.73 Å². The van der Waals surface area contributed by atoms with E-state index in [1.54, 1.807) is 24.3 Å². The number of aryl methyl sites for hydroxylation is 1. The van der Waals surface area contributed by atoms with Gasteiger partial charge in [-0.1, -0.05) is 29.8 Å². The first-order chi connectivity index (χ1) is 8.99. The SMILES string of the molecule is Cc1ccc(N)cc1S(=O)Cc1cccc(F)c1Cl. The highest BCUT2D eigenvalue weighted by atomic mass is 35.5. The molecule has 0 aliphatic carbocycles. The van der Waals surface area contributed by atoms with Crippen LogP contribution < -0.4 is 5.73 Å². The number of hydrogen-bond donors (Lipinski definition) is 1. The first-order valence-electron chi connectivity index (χ1n) is 5.66. The van der Waals surface area contributed by atoms with E-state index in [1.165, 1.54) is 6.07 Å². The van der Waals surface area contributed by atoms with Gasteiger partial charge in [0.15, 0.2) is 0 Å². The highest BCUT2D eigenvalue weighted by Crippen LogP contribution is 2.24. The van der Waals surface area contributed by atoms with Crippen molar-refractivity contribution in [3.05, 3.63) is 58.4 Å². The molecule has 0 aliphatic rings. The molecule has 100 valence electrons. The number of halogens is 2. The third-order valence-corrected chi connectivity index (χ3v) is 4.70. The summed E-state index contributed by atoms with van der Waals surface area (Å²) in [5, 5.41) is 0.0254. The van der Waals surface area contributed by atoms with Gasteiger partial charge in [0.25, 0.3) is 0 Å². The van der Waals surface area contributed by atoms with Crippen LogP contribution in [-0.4, -0.2) is 4.21 Å². The molecule has 1 unspecified atom stereocenters. The zero-order valence-corrected chi connectivity index (χ0v) is 11.9. The second-order valence-corrected chi connectivity index (χ2v) is 6.03. The summed E-state index contributed by atoms with van der Waals surface area (Å²) >= 11 is 5.86. The van der Waals surface area contributed by atoms with Gasteiger partial charge in [0.05, 0.1) is 21.6 Å². The number of benzene rings is 2. The van der Waals surface area contributed by atoms with Crippen LogP contribution in [0.5, 0.6) is 0 Å². The third-order valence-electron chi connectivity index (χ3n) is 2.78. The van der Waals surface area contributed by atoms with Crippen molar-refractivity contribution in [1.29, 1.82) is 0 Å². The number of rotatable bonds is 3. The van der Waals surface area contributed by atoms with Crippen molar-refractivity contribution < 1.29 is 8.60 Å². The summed E-state index contributed by atoms with van der Waals surface area (Å²) in [6, 6.07) is 9.75. The summed E-state index contributed by atoms with van der Waals surface area (Å²) in [6.45, 7) is 1.86. The number of nitrogens with two attached hydrogens (primary N) is 1. The molecule has 0 aromatic heterocycles. The van der Waals surface area contributed by atoms with Crippen molar-refractivity contribution in [2.75, 3.05) is 5.73 Å². The molecule has 0 saturated carbocycles. The van der Waals surface area contributed by atoms with E-state index in [4.69, 9.17) is 17.3 Å². The first-order valence-corrected chi connectivity index (χ1v) is 7.36. The van der Waals surface area contributed by atoms with E-state index >= 15 is 0 Å². The Bertz CT molecular complexity index is 645. The van der Waals surface area contributed by atoms with E-state index in [-0.39, 0.29) is 10.8 Å². The summed E-state index contributed by atoms with van der Waals surface area (Å²) in [5.74, 6) is -0.332. The van der Waals surface area contributed by atoms with E-state index in [0.29, 0.717) is 16.1 Å². The fourth-order valence-corrected chi connectivity index (χ4v) is 3.39. The van der Waals surface area contributed by atoms with E-state index in [9.17, 15) is 8.60 Å². The molecule has 0 aliphatic heterocycles. The molecular weight excluding hydrogens is 285 g/mol. The lowest BCUT2D eigenvalue weighted by Gasteiger charge is -2.08. The van der Waals surface area contributed by atoms with Crippen molar-refractivity contribution in [3.63, 3.8) is 0 Å². The van der Waals surface area contributed by atoms with Gasteiger partial charge in [-0.15, -0.1) is 0 Å². The number of nitrogen functional groups attached to an aromatic ring is 1. The maximum absolute atomic E-state index is 13.3. The lowest BCUT2D eigenvalue weighted by atomic mass is 10.2. The second-order valence-electron chi connectivity index (χ2n) is 4.23. The fraction of sp³-hybridized carbons (Fsp3) is 0.143. The number of anilines is 1. The van der Waals surface area contributed by atoms with E-state index in [2.05, 4.69) is 0 Å². The van der Waals surface area contributed by atoms with Crippen LogP contribution in [0.2, 0.25) is 5.02 Å². The summed E-state index contributed by atoms with van der Waals surface area (Å²) < 4.78 is 25.6. The highest BCUT2D eigenvalue weighted by Gasteiger charge is 2.12. The fourth-order valence-electron chi connectivity index (χ4n) is 1.74. The Morgan fingerprint density at radius 1 is 1.32 bits per heavy atom. The maximum Gasteiger partial charge on any atom is 0.142 e. The standard InChI is InChI=1S/C14H13ClFNOS/c1-9-5-6-11(17)7-13(9)19(18)8-10-3-2-4-12(16)14(10)15/h2-7H,8,17H2,1H3. The van der Waals surface area contributed by atoms with Gasteiger partial charge in [0.2, 0.25) is 0 Å². The molecule has 2 aromatic rings. The molecule has 0 spiro atoms. The van der Waals surface area contributed by atoms with Gasteiger partial charge in [0.1, 0.15) is 5.82 Å². The molecule has 0 fully saturated rings. The Hall–Kier alpha value is -1.39. The maximum atomic E-state index is 13.3. The van der Waals surface area contributed by atoms with Crippen molar-refractivity contribution >= 4 is 28.1 Å². The second kappa shape index (κ2) is 5.72. The quantitative estimate of drug-likeness (QED) is 0.878. The third kappa shape index (κ3) is 3.14. The van der Waals surface area contributed by atoms with Crippen LogP contribution >= 0.6 is 11.6 Å². The van der Waals surface area contributed by atoms with Crippen LogP contribution in [0.4, 0.5) is 10.1 Å². The molecule has 2 nitrogen and oxygen atoms in total. The van der Waals surface area contributed by atoms with Crippen LogP contribution in [0, 0.1) is 12.7 Å². The summed E-state index contributed by atoms with van der Waals surface area (Å²) in [4.78, 5) is 0.653. The van der Waals surface area contributed by atoms with Gasteiger partial charge in [-0.05, 0) is 36.2 Å².